The minimum Gasteiger partial charge on any atom is -0.508 e. The van der Waals surface area contributed by atoms with Gasteiger partial charge in [-0.1, -0.05) is 6.07 Å². The van der Waals surface area contributed by atoms with E-state index in [1.165, 1.54) is 24.3 Å². The Morgan fingerprint density at radius 1 is 1.00 bits per heavy atom. The number of hydrogen-bond donors (Lipinski definition) is 4. The van der Waals surface area contributed by atoms with Crippen LogP contribution in [0.25, 0.3) is 0 Å². The van der Waals surface area contributed by atoms with E-state index in [-0.39, 0.29) is 16.8 Å². The maximum absolute atomic E-state index is 12.1. The van der Waals surface area contributed by atoms with E-state index in [4.69, 9.17) is 12.2 Å². The van der Waals surface area contributed by atoms with Gasteiger partial charge in [0.1, 0.15) is 5.75 Å². The van der Waals surface area contributed by atoms with Crippen molar-refractivity contribution in [1.82, 2.24) is 16.2 Å². The minimum atomic E-state index is -0.448. The summed E-state index contributed by atoms with van der Waals surface area (Å²) < 4.78 is 0.972. The van der Waals surface area contributed by atoms with E-state index >= 15 is 0 Å². The molecule has 0 atom stereocenters. The van der Waals surface area contributed by atoms with Crippen molar-refractivity contribution in [3.05, 3.63) is 62.7 Å². The molecule has 0 aromatic heterocycles. The molecule has 0 heterocycles. The molecule has 0 unspecified atom stereocenters. The van der Waals surface area contributed by atoms with E-state index in [0.717, 1.165) is 9.13 Å². The lowest BCUT2D eigenvalue weighted by atomic mass is 10.1. The average molecular weight is 455 g/mol. The van der Waals surface area contributed by atoms with Crippen LogP contribution < -0.4 is 16.2 Å². The zero-order chi connectivity index (χ0) is 17.7. The van der Waals surface area contributed by atoms with Crippen LogP contribution in [0, 0.1) is 10.5 Å². The Bertz CT molecular complexity index is 794. The number of thiocarbonyl (C=S) groups is 1. The summed E-state index contributed by atoms with van der Waals surface area (Å²) in [6.07, 6.45) is 0. The van der Waals surface area contributed by atoms with Crippen LogP contribution in [0.3, 0.4) is 0 Å². The summed E-state index contributed by atoms with van der Waals surface area (Å²) in [5.41, 5.74) is 6.71. The quantitative estimate of drug-likeness (QED) is 0.317. The second-order valence-electron chi connectivity index (χ2n) is 4.87. The largest absolute Gasteiger partial charge is 0.508 e. The number of hydrazine groups is 1. The van der Waals surface area contributed by atoms with Crippen molar-refractivity contribution in [3.63, 3.8) is 0 Å². The predicted octanol–water partition coefficient (Wildman–Crippen LogP) is 2.25. The number of aryl methyl sites for hydroxylation is 1. The Hall–Kier alpha value is -2.20. The number of benzene rings is 2. The van der Waals surface area contributed by atoms with E-state index in [2.05, 4.69) is 38.8 Å². The molecule has 0 spiro atoms. The van der Waals surface area contributed by atoms with Gasteiger partial charge in [0, 0.05) is 14.7 Å². The molecule has 0 aliphatic rings. The molecule has 2 amide bonds. The molecule has 0 aliphatic carbocycles. The number of carbonyl (C=O) groups is 2. The number of nitrogens with one attached hydrogen (secondary N) is 3. The molecular weight excluding hydrogens is 441 g/mol. The van der Waals surface area contributed by atoms with Gasteiger partial charge in [-0.2, -0.15) is 0 Å². The summed E-state index contributed by atoms with van der Waals surface area (Å²) in [6, 6.07) is 11.0. The van der Waals surface area contributed by atoms with Crippen LogP contribution in [0.2, 0.25) is 0 Å². The number of carbonyl (C=O) groups excluding carboxylic acids is 2. The summed E-state index contributed by atoms with van der Waals surface area (Å²) in [6.45, 7) is 1.95. The molecule has 4 N–H and O–H groups in total. The van der Waals surface area contributed by atoms with Crippen molar-refractivity contribution in [3.8, 4) is 5.75 Å². The highest BCUT2D eigenvalue weighted by Gasteiger charge is 2.10. The van der Waals surface area contributed by atoms with E-state index < -0.39 is 5.91 Å². The van der Waals surface area contributed by atoms with E-state index in [9.17, 15) is 14.7 Å². The first-order valence-corrected chi connectivity index (χ1v) is 8.32. The molecule has 2 aromatic rings. The fourth-order valence-corrected chi connectivity index (χ4v) is 2.40. The first kappa shape index (κ1) is 18.1. The molecule has 24 heavy (non-hydrogen) atoms. The van der Waals surface area contributed by atoms with Crippen LogP contribution in [-0.2, 0) is 0 Å². The third kappa shape index (κ3) is 4.90. The molecule has 124 valence electrons. The Kier molecular flexibility index (Phi) is 6.10. The van der Waals surface area contributed by atoms with Crippen molar-refractivity contribution >= 4 is 51.7 Å². The molecule has 0 bridgehead atoms. The Labute approximate surface area is 157 Å². The van der Waals surface area contributed by atoms with Crippen LogP contribution >= 0.6 is 34.8 Å². The third-order valence-corrected chi connectivity index (χ3v) is 4.45. The van der Waals surface area contributed by atoms with Crippen molar-refractivity contribution in [1.29, 1.82) is 0 Å². The van der Waals surface area contributed by atoms with E-state index in [0.29, 0.717) is 11.1 Å². The molecular formula is C16H14IN3O3S. The van der Waals surface area contributed by atoms with Gasteiger partial charge in [-0.15, -0.1) is 0 Å². The summed E-state index contributed by atoms with van der Waals surface area (Å²) in [5, 5.41) is 11.6. The summed E-state index contributed by atoms with van der Waals surface area (Å²) >= 11 is 7.13. The second kappa shape index (κ2) is 8.06. The number of rotatable bonds is 2. The predicted molar refractivity (Wildman–Crippen MR) is 103 cm³/mol. The van der Waals surface area contributed by atoms with Gasteiger partial charge < -0.3 is 5.11 Å². The van der Waals surface area contributed by atoms with Crippen LogP contribution in [0.1, 0.15) is 26.3 Å². The third-order valence-electron chi connectivity index (χ3n) is 3.08. The van der Waals surface area contributed by atoms with E-state index in [1.807, 2.05) is 13.0 Å². The maximum atomic E-state index is 12.1. The Morgan fingerprint density at radius 3 is 2.25 bits per heavy atom. The number of phenolic OH excluding ortho intramolecular Hbond substituents is 1. The minimum absolute atomic E-state index is 0.0253. The molecule has 0 aliphatic heterocycles. The first-order chi connectivity index (χ1) is 11.4. The Morgan fingerprint density at radius 2 is 1.62 bits per heavy atom. The van der Waals surface area contributed by atoms with Crippen molar-refractivity contribution in [2.75, 3.05) is 0 Å². The van der Waals surface area contributed by atoms with Crippen LogP contribution in [0.5, 0.6) is 5.75 Å². The van der Waals surface area contributed by atoms with Crippen molar-refractivity contribution < 1.29 is 14.7 Å². The van der Waals surface area contributed by atoms with Crippen LogP contribution in [-0.4, -0.2) is 22.0 Å². The van der Waals surface area contributed by atoms with E-state index in [1.54, 1.807) is 12.1 Å². The molecule has 2 rings (SSSR count). The number of amides is 2. The number of phenols is 1. The van der Waals surface area contributed by atoms with Crippen LogP contribution in [0.4, 0.5) is 0 Å². The van der Waals surface area contributed by atoms with Gasteiger partial charge in [-0.25, -0.2) is 0 Å². The maximum Gasteiger partial charge on any atom is 0.269 e. The molecule has 0 fully saturated rings. The lowest BCUT2D eigenvalue weighted by Crippen LogP contribution is -2.48. The SMILES string of the molecule is Cc1ccc(C(=O)NC(=S)NNC(=O)c2ccc(O)cc2)cc1I. The molecule has 6 nitrogen and oxygen atoms in total. The van der Waals surface area contributed by atoms with Gasteiger partial charge in [-0.05, 0) is 83.7 Å². The second-order valence-corrected chi connectivity index (χ2v) is 6.44. The summed E-state index contributed by atoms with van der Waals surface area (Å²) in [4.78, 5) is 24.0. The van der Waals surface area contributed by atoms with Crippen molar-refractivity contribution in [2.24, 2.45) is 0 Å². The first-order valence-electron chi connectivity index (χ1n) is 6.83. The van der Waals surface area contributed by atoms with Gasteiger partial charge in [0.05, 0.1) is 0 Å². The monoisotopic (exact) mass is 455 g/mol. The number of halogens is 1. The summed E-state index contributed by atoms with van der Waals surface area (Å²) in [7, 11) is 0. The fourth-order valence-electron chi connectivity index (χ4n) is 1.74. The van der Waals surface area contributed by atoms with Gasteiger partial charge in [-0.3, -0.25) is 25.8 Å². The highest BCUT2D eigenvalue weighted by Crippen LogP contribution is 2.13. The topological polar surface area (TPSA) is 90.5 Å². The molecule has 0 saturated carbocycles. The highest BCUT2D eigenvalue weighted by atomic mass is 127. The van der Waals surface area contributed by atoms with Gasteiger partial charge in [0.15, 0.2) is 5.11 Å². The Balaban J connectivity index is 1.88. The van der Waals surface area contributed by atoms with Crippen LogP contribution in [0.15, 0.2) is 42.5 Å². The van der Waals surface area contributed by atoms with Gasteiger partial charge in [0.2, 0.25) is 0 Å². The van der Waals surface area contributed by atoms with Gasteiger partial charge >= 0.3 is 0 Å². The molecule has 0 radical (unpaired) electrons. The standard InChI is InChI=1S/C16H14IN3O3S/c1-9-2-3-11(8-13(9)17)14(22)18-16(24)20-19-15(23)10-4-6-12(21)7-5-10/h2-8,21H,1H3,(H,19,23)(H2,18,20,22,24). The summed E-state index contributed by atoms with van der Waals surface area (Å²) in [5.74, 6) is -0.754. The molecule has 8 heteroatoms. The average Bonchev–Trinajstić information content (AvgIpc) is 2.55. The normalized spacial score (nSPS) is 9.92. The zero-order valence-electron chi connectivity index (χ0n) is 12.6. The fraction of sp³-hybridized carbons (Fsp3) is 0.0625. The number of hydrogen-bond acceptors (Lipinski definition) is 4. The lowest BCUT2D eigenvalue weighted by Gasteiger charge is -2.11. The zero-order valence-corrected chi connectivity index (χ0v) is 15.6. The lowest BCUT2D eigenvalue weighted by molar-refractivity contribution is 0.0934. The molecule has 0 saturated heterocycles. The highest BCUT2D eigenvalue weighted by molar-refractivity contribution is 14.1. The van der Waals surface area contributed by atoms with Crippen molar-refractivity contribution in [2.45, 2.75) is 6.92 Å². The smallest absolute Gasteiger partial charge is 0.269 e. The van der Waals surface area contributed by atoms with Gasteiger partial charge in [0.25, 0.3) is 11.8 Å². The molecule has 2 aromatic carbocycles. The number of aromatic hydroxyl groups is 1.